The first-order chi connectivity index (χ1) is 13.7. The summed E-state index contributed by atoms with van der Waals surface area (Å²) in [5.74, 6) is -1.51. The predicted molar refractivity (Wildman–Crippen MR) is 111 cm³/mol. The van der Waals surface area contributed by atoms with Gasteiger partial charge in [-0.2, -0.15) is 4.31 Å². The number of carbonyl (C=O) groups is 2. The van der Waals surface area contributed by atoms with E-state index in [1.54, 1.807) is 13.8 Å². The molecule has 0 spiro atoms. The molecule has 0 aliphatic heterocycles. The van der Waals surface area contributed by atoms with Crippen molar-refractivity contribution in [3.05, 3.63) is 59.7 Å². The monoisotopic (exact) mass is 415 g/mol. The highest BCUT2D eigenvalue weighted by Gasteiger charge is 2.26. The highest BCUT2D eigenvalue weighted by atomic mass is 32.2. The summed E-state index contributed by atoms with van der Waals surface area (Å²) in [7, 11) is -2.09. The molecule has 29 heavy (non-hydrogen) atoms. The van der Waals surface area contributed by atoms with Crippen LogP contribution in [0.5, 0.6) is 0 Å². The highest BCUT2D eigenvalue weighted by Crippen LogP contribution is 2.30. The zero-order valence-corrected chi connectivity index (χ0v) is 17.5. The van der Waals surface area contributed by atoms with Crippen LogP contribution >= 0.6 is 0 Å². The third-order valence-electron chi connectivity index (χ3n) is 5.16. The summed E-state index contributed by atoms with van der Waals surface area (Å²) in [5.41, 5.74) is 2.57. The zero-order chi connectivity index (χ0) is 21.2. The molecule has 154 valence electrons. The molecule has 3 rings (SSSR count). The Balaban J connectivity index is 1.63. The van der Waals surface area contributed by atoms with E-state index in [1.165, 1.54) is 41.2 Å². The molecule has 1 aliphatic rings. The summed E-state index contributed by atoms with van der Waals surface area (Å²) in [4.78, 5) is 24.6. The van der Waals surface area contributed by atoms with Gasteiger partial charge in [-0.25, -0.2) is 8.42 Å². The normalized spacial score (nSPS) is 16.0. The number of nitrogens with zero attached hydrogens (tertiary/aromatic N) is 1. The highest BCUT2D eigenvalue weighted by molar-refractivity contribution is 7.89. The number of benzene rings is 2. The Morgan fingerprint density at radius 1 is 1.03 bits per heavy atom. The fourth-order valence-electron chi connectivity index (χ4n) is 3.27. The molecule has 0 saturated heterocycles. The van der Waals surface area contributed by atoms with E-state index in [4.69, 9.17) is 0 Å². The Labute approximate surface area is 171 Å². The molecule has 0 radical (unpaired) electrons. The predicted octanol–water partition coefficient (Wildman–Crippen LogP) is 2.46. The minimum atomic E-state index is -3.60. The second kappa shape index (κ2) is 8.34. The second-order valence-electron chi connectivity index (χ2n) is 7.36. The van der Waals surface area contributed by atoms with Gasteiger partial charge >= 0.3 is 11.8 Å². The van der Waals surface area contributed by atoms with Crippen molar-refractivity contribution in [2.75, 3.05) is 12.4 Å². The fraction of sp³-hybridized carbons (Fsp3) is 0.333. The van der Waals surface area contributed by atoms with Gasteiger partial charge in [0.25, 0.3) is 0 Å². The van der Waals surface area contributed by atoms with Gasteiger partial charge in [0.05, 0.1) is 10.9 Å². The van der Waals surface area contributed by atoms with Gasteiger partial charge in [0.2, 0.25) is 10.0 Å². The van der Waals surface area contributed by atoms with Crippen LogP contribution in [-0.2, 0) is 26.0 Å². The molecule has 0 bridgehead atoms. The van der Waals surface area contributed by atoms with Crippen LogP contribution in [0.25, 0.3) is 0 Å². The van der Waals surface area contributed by atoms with Crippen molar-refractivity contribution in [3.8, 4) is 0 Å². The van der Waals surface area contributed by atoms with Crippen LogP contribution < -0.4 is 10.6 Å². The number of nitrogens with one attached hydrogen (secondary N) is 2. The number of amides is 2. The number of fused-ring (bicyclic) bond motifs is 1. The molecule has 0 heterocycles. The standard InChI is InChI=1S/C21H25N3O4S/c1-14(2)24(3)29(27,28)17-11-9-16(10-12-17)22-20(25)21(26)23-19-13-8-15-6-4-5-7-18(15)19/h4-7,9-12,14,19H,8,13H2,1-3H3,(H,22,25)(H,23,26)/t19-/m0/s1. The molecule has 2 N–H and O–H groups in total. The lowest BCUT2D eigenvalue weighted by atomic mass is 10.1. The fourth-order valence-corrected chi connectivity index (χ4v) is 4.64. The molecule has 0 saturated carbocycles. The van der Waals surface area contributed by atoms with Gasteiger partial charge in [-0.3, -0.25) is 9.59 Å². The van der Waals surface area contributed by atoms with Gasteiger partial charge in [-0.05, 0) is 62.1 Å². The Bertz CT molecular complexity index is 1020. The number of sulfonamides is 1. The number of aryl methyl sites for hydroxylation is 1. The van der Waals surface area contributed by atoms with E-state index >= 15 is 0 Å². The molecule has 1 atom stereocenters. The second-order valence-corrected chi connectivity index (χ2v) is 9.35. The molecular weight excluding hydrogens is 390 g/mol. The van der Waals surface area contributed by atoms with Gasteiger partial charge in [0.1, 0.15) is 0 Å². The van der Waals surface area contributed by atoms with Crippen molar-refractivity contribution >= 4 is 27.5 Å². The summed E-state index contributed by atoms with van der Waals surface area (Å²) in [5, 5.41) is 5.28. The van der Waals surface area contributed by atoms with Crippen molar-refractivity contribution in [2.24, 2.45) is 0 Å². The first kappa shape index (κ1) is 21.0. The number of hydrogen-bond donors (Lipinski definition) is 2. The maximum absolute atomic E-state index is 12.5. The van der Waals surface area contributed by atoms with Crippen molar-refractivity contribution in [1.29, 1.82) is 0 Å². The maximum Gasteiger partial charge on any atom is 0.313 e. The lowest BCUT2D eigenvalue weighted by molar-refractivity contribution is -0.136. The van der Waals surface area contributed by atoms with Gasteiger partial charge in [0.15, 0.2) is 0 Å². The maximum atomic E-state index is 12.5. The summed E-state index contributed by atoms with van der Waals surface area (Å²) >= 11 is 0. The van der Waals surface area contributed by atoms with E-state index in [-0.39, 0.29) is 17.0 Å². The van der Waals surface area contributed by atoms with Crippen molar-refractivity contribution in [2.45, 2.75) is 43.7 Å². The summed E-state index contributed by atoms with van der Waals surface area (Å²) in [6.45, 7) is 3.57. The molecule has 1 aliphatic carbocycles. The van der Waals surface area contributed by atoms with Crippen molar-refractivity contribution in [1.82, 2.24) is 9.62 Å². The van der Waals surface area contributed by atoms with E-state index in [0.29, 0.717) is 5.69 Å². The van der Waals surface area contributed by atoms with Crippen LogP contribution in [-0.4, -0.2) is 37.6 Å². The lowest BCUT2D eigenvalue weighted by Crippen LogP contribution is -2.37. The quantitative estimate of drug-likeness (QED) is 0.734. The van der Waals surface area contributed by atoms with Crippen LogP contribution in [0.1, 0.15) is 37.4 Å². The summed E-state index contributed by atoms with van der Waals surface area (Å²) in [6.07, 6.45) is 1.62. The van der Waals surface area contributed by atoms with Crippen LogP contribution in [0.4, 0.5) is 5.69 Å². The van der Waals surface area contributed by atoms with Crippen molar-refractivity contribution in [3.63, 3.8) is 0 Å². The molecule has 0 aromatic heterocycles. The van der Waals surface area contributed by atoms with E-state index in [9.17, 15) is 18.0 Å². The van der Waals surface area contributed by atoms with Gasteiger partial charge in [0, 0.05) is 18.8 Å². The zero-order valence-electron chi connectivity index (χ0n) is 16.7. The van der Waals surface area contributed by atoms with Crippen LogP contribution in [0.3, 0.4) is 0 Å². The summed E-state index contributed by atoms with van der Waals surface area (Å²) in [6, 6.07) is 13.3. The van der Waals surface area contributed by atoms with E-state index in [1.807, 2.05) is 24.3 Å². The van der Waals surface area contributed by atoms with Crippen molar-refractivity contribution < 1.29 is 18.0 Å². The third-order valence-corrected chi connectivity index (χ3v) is 7.21. The van der Waals surface area contributed by atoms with E-state index < -0.39 is 21.8 Å². The van der Waals surface area contributed by atoms with E-state index in [0.717, 1.165) is 18.4 Å². The first-order valence-electron chi connectivity index (χ1n) is 9.48. The average Bonchev–Trinajstić information content (AvgIpc) is 3.10. The van der Waals surface area contributed by atoms with Gasteiger partial charge < -0.3 is 10.6 Å². The van der Waals surface area contributed by atoms with Gasteiger partial charge in [-0.1, -0.05) is 24.3 Å². The first-order valence-corrected chi connectivity index (χ1v) is 10.9. The third kappa shape index (κ3) is 4.49. The Hall–Kier alpha value is -2.71. The molecule has 2 amide bonds. The number of carbonyl (C=O) groups excluding carboxylic acids is 2. The number of rotatable bonds is 5. The lowest BCUT2D eigenvalue weighted by Gasteiger charge is -2.21. The minimum absolute atomic E-state index is 0.124. The summed E-state index contributed by atoms with van der Waals surface area (Å²) < 4.78 is 26.2. The van der Waals surface area contributed by atoms with Crippen LogP contribution in [0, 0.1) is 0 Å². The molecule has 7 nitrogen and oxygen atoms in total. The van der Waals surface area contributed by atoms with E-state index in [2.05, 4.69) is 10.6 Å². The topological polar surface area (TPSA) is 95.6 Å². The Morgan fingerprint density at radius 3 is 2.34 bits per heavy atom. The van der Waals surface area contributed by atoms with Crippen LogP contribution in [0.15, 0.2) is 53.4 Å². The number of hydrogen-bond acceptors (Lipinski definition) is 4. The number of anilines is 1. The smallest absolute Gasteiger partial charge is 0.313 e. The Kier molecular flexibility index (Phi) is 6.04. The molecule has 2 aromatic rings. The molecule has 8 heteroatoms. The molecule has 0 fully saturated rings. The molecule has 0 unspecified atom stereocenters. The Morgan fingerprint density at radius 2 is 1.69 bits per heavy atom. The average molecular weight is 416 g/mol. The molecule has 2 aromatic carbocycles. The molecular formula is C21H25N3O4S. The largest absolute Gasteiger partial charge is 0.341 e. The SMILES string of the molecule is CC(C)N(C)S(=O)(=O)c1ccc(NC(=O)C(=O)N[C@H]2CCc3ccccc32)cc1. The van der Waals surface area contributed by atoms with Crippen LogP contribution in [0.2, 0.25) is 0 Å². The minimum Gasteiger partial charge on any atom is -0.341 e. The van der Waals surface area contributed by atoms with Gasteiger partial charge in [-0.15, -0.1) is 0 Å².